The van der Waals surface area contributed by atoms with Crippen molar-refractivity contribution < 1.29 is 19.1 Å². The molecule has 0 radical (unpaired) electrons. The van der Waals surface area contributed by atoms with Crippen molar-refractivity contribution in [1.29, 1.82) is 0 Å². The second-order valence-corrected chi connectivity index (χ2v) is 4.78. The highest BCUT2D eigenvalue weighted by Crippen LogP contribution is 2.20. The lowest BCUT2D eigenvalue weighted by Gasteiger charge is -2.12. The summed E-state index contributed by atoms with van der Waals surface area (Å²) < 4.78 is 9.43. The number of hydrogen-bond donors (Lipinski definition) is 2. The molecule has 0 saturated heterocycles. The van der Waals surface area contributed by atoms with E-state index in [1.807, 2.05) is 0 Å². The van der Waals surface area contributed by atoms with E-state index in [0.29, 0.717) is 15.6 Å². The molecule has 8 heteroatoms. The molecule has 0 saturated carbocycles. The third kappa shape index (κ3) is 5.99. The van der Waals surface area contributed by atoms with Gasteiger partial charge in [-0.2, -0.15) is 0 Å². The second-order valence-electron chi connectivity index (χ2n) is 3.94. The van der Waals surface area contributed by atoms with Crippen LogP contribution in [0.1, 0.15) is 12.5 Å². The van der Waals surface area contributed by atoms with Gasteiger partial charge in [-0.05, 0) is 24.6 Å². The molecule has 0 bridgehead atoms. The standard InChI is InChI=1S/C12H14Cl2N2O4/c1-7(20-11(15)17)6-19-12(18)16-5-8-2-3-9(13)4-10(8)14/h2-4,7H,5-6H2,1H3,(H2,15,17)(H,16,18)/t7-/m0/s1. The number of primary amides is 1. The summed E-state index contributed by atoms with van der Waals surface area (Å²) in [6, 6.07) is 4.94. The largest absolute Gasteiger partial charge is 0.446 e. The zero-order chi connectivity index (χ0) is 15.1. The number of halogens is 2. The molecule has 0 aliphatic heterocycles. The molecule has 3 N–H and O–H groups in total. The lowest BCUT2D eigenvalue weighted by atomic mass is 10.2. The smallest absolute Gasteiger partial charge is 0.407 e. The Morgan fingerprint density at radius 2 is 2.10 bits per heavy atom. The molecule has 0 aromatic heterocycles. The van der Waals surface area contributed by atoms with Crippen molar-refractivity contribution in [1.82, 2.24) is 5.32 Å². The summed E-state index contributed by atoms with van der Waals surface area (Å²) in [4.78, 5) is 21.9. The Balaban J connectivity index is 2.34. The van der Waals surface area contributed by atoms with E-state index in [9.17, 15) is 9.59 Å². The average molecular weight is 321 g/mol. The number of carbonyl (C=O) groups is 2. The Labute approximate surface area is 126 Å². The van der Waals surface area contributed by atoms with Gasteiger partial charge in [-0.15, -0.1) is 0 Å². The molecule has 1 aromatic rings. The van der Waals surface area contributed by atoms with Crippen LogP contribution in [-0.2, 0) is 16.0 Å². The zero-order valence-corrected chi connectivity index (χ0v) is 12.2. The van der Waals surface area contributed by atoms with E-state index in [-0.39, 0.29) is 13.2 Å². The molecule has 0 aliphatic carbocycles. The first kappa shape index (κ1) is 16.4. The molecular formula is C12H14Cl2N2O4. The number of amides is 2. The van der Waals surface area contributed by atoms with Crippen molar-refractivity contribution in [2.75, 3.05) is 6.61 Å². The summed E-state index contributed by atoms with van der Waals surface area (Å²) in [6.45, 7) is 1.65. The fraction of sp³-hybridized carbons (Fsp3) is 0.333. The van der Waals surface area contributed by atoms with Crippen LogP contribution in [0.15, 0.2) is 18.2 Å². The van der Waals surface area contributed by atoms with Crippen molar-refractivity contribution in [3.8, 4) is 0 Å². The van der Waals surface area contributed by atoms with Crippen molar-refractivity contribution >= 4 is 35.4 Å². The Bertz CT molecular complexity index is 496. The maximum absolute atomic E-state index is 11.4. The monoisotopic (exact) mass is 320 g/mol. The molecule has 2 amide bonds. The number of nitrogens with one attached hydrogen (secondary N) is 1. The number of benzene rings is 1. The Morgan fingerprint density at radius 1 is 1.40 bits per heavy atom. The summed E-state index contributed by atoms with van der Waals surface area (Å²) in [6.07, 6.45) is -2.19. The number of carbonyl (C=O) groups excluding carboxylic acids is 2. The lowest BCUT2D eigenvalue weighted by Crippen LogP contribution is -2.30. The van der Waals surface area contributed by atoms with E-state index in [1.54, 1.807) is 25.1 Å². The number of ether oxygens (including phenoxy) is 2. The zero-order valence-electron chi connectivity index (χ0n) is 10.7. The number of nitrogens with two attached hydrogens (primary N) is 1. The van der Waals surface area contributed by atoms with E-state index in [1.165, 1.54) is 0 Å². The maximum Gasteiger partial charge on any atom is 0.407 e. The fourth-order valence-electron chi connectivity index (χ4n) is 1.31. The number of hydrogen-bond acceptors (Lipinski definition) is 4. The number of alkyl carbamates (subject to hydrolysis) is 1. The summed E-state index contributed by atoms with van der Waals surface area (Å²) >= 11 is 11.7. The van der Waals surface area contributed by atoms with Gasteiger partial charge in [0.15, 0.2) is 0 Å². The molecule has 20 heavy (non-hydrogen) atoms. The summed E-state index contributed by atoms with van der Waals surface area (Å²) in [7, 11) is 0. The topological polar surface area (TPSA) is 90.7 Å². The van der Waals surface area contributed by atoms with E-state index in [4.69, 9.17) is 33.7 Å². The van der Waals surface area contributed by atoms with Gasteiger partial charge in [0.05, 0.1) is 0 Å². The highest BCUT2D eigenvalue weighted by atomic mass is 35.5. The lowest BCUT2D eigenvalue weighted by molar-refractivity contribution is 0.0576. The highest BCUT2D eigenvalue weighted by Gasteiger charge is 2.10. The van der Waals surface area contributed by atoms with Gasteiger partial charge >= 0.3 is 12.2 Å². The maximum atomic E-state index is 11.4. The van der Waals surface area contributed by atoms with Gasteiger partial charge in [-0.25, -0.2) is 9.59 Å². The molecule has 0 fully saturated rings. The van der Waals surface area contributed by atoms with Crippen molar-refractivity contribution in [2.45, 2.75) is 19.6 Å². The average Bonchev–Trinajstić information content (AvgIpc) is 2.34. The van der Waals surface area contributed by atoms with Crippen LogP contribution in [0.3, 0.4) is 0 Å². The molecule has 110 valence electrons. The highest BCUT2D eigenvalue weighted by molar-refractivity contribution is 6.35. The molecular weight excluding hydrogens is 307 g/mol. The minimum Gasteiger partial charge on any atom is -0.446 e. The normalized spacial score (nSPS) is 11.6. The first-order valence-electron chi connectivity index (χ1n) is 5.69. The predicted octanol–water partition coefficient (Wildman–Crippen LogP) is 2.70. The molecule has 6 nitrogen and oxygen atoms in total. The summed E-state index contributed by atoms with van der Waals surface area (Å²) in [5, 5.41) is 3.47. The van der Waals surface area contributed by atoms with Crippen LogP contribution >= 0.6 is 23.2 Å². The molecule has 1 aromatic carbocycles. The van der Waals surface area contributed by atoms with Gasteiger partial charge < -0.3 is 20.5 Å². The Morgan fingerprint density at radius 3 is 2.70 bits per heavy atom. The van der Waals surface area contributed by atoms with Crippen LogP contribution in [0.4, 0.5) is 9.59 Å². The van der Waals surface area contributed by atoms with Crippen molar-refractivity contribution in [3.63, 3.8) is 0 Å². The predicted molar refractivity (Wildman–Crippen MR) is 74.8 cm³/mol. The molecule has 0 unspecified atom stereocenters. The van der Waals surface area contributed by atoms with Gasteiger partial charge in [-0.3, -0.25) is 0 Å². The van der Waals surface area contributed by atoms with Crippen molar-refractivity contribution in [3.05, 3.63) is 33.8 Å². The molecule has 1 rings (SSSR count). The van der Waals surface area contributed by atoms with Crippen LogP contribution in [0, 0.1) is 0 Å². The van der Waals surface area contributed by atoms with Crippen LogP contribution in [-0.4, -0.2) is 24.9 Å². The van der Waals surface area contributed by atoms with Gasteiger partial charge in [0.2, 0.25) is 0 Å². The van der Waals surface area contributed by atoms with E-state index in [2.05, 4.69) is 10.1 Å². The van der Waals surface area contributed by atoms with E-state index in [0.717, 1.165) is 0 Å². The third-order valence-corrected chi connectivity index (χ3v) is 2.79. The first-order valence-corrected chi connectivity index (χ1v) is 6.44. The molecule has 0 spiro atoms. The van der Waals surface area contributed by atoms with Crippen LogP contribution in [0.25, 0.3) is 0 Å². The minimum absolute atomic E-state index is 0.0941. The summed E-state index contributed by atoms with van der Waals surface area (Å²) in [5.41, 5.74) is 5.52. The van der Waals surface area contributed by atoms with Gasteiger partial charge in [0.1, 0.15) is 12.7 Å². The SMILES string of the molecule is C[C@@H](COC(=O)NCc1ccc(Cl)cc1Cl)OC(N)=O. The van der Waals surface area contributed by atoms with Crippen molar-refractivity contribution in [2.24, 2.45) is 5.73 Å². The third-order valence-electron chi connectivity index (χ3n) is 2.20. The second kappa shape index (κ2) is 7.81. The van der Waals surface area contributed by atoms with Gasteiger partial charge in [0, 0.05) is 16.6 Å². The quantitative estimate of drug-likeness (QED) is 0.872. The molecule has 0 heterocycles. The van der Waals surface area contributed by atoms with Crippen LogP contribution in [0.2, 0.25) is 10.0 Å². The van der Waals surface area contributed by atoms with Gasteiger partial charge in [0.25, 0.3) is 0 Å². The van der Waals surface area contributed by atoms with E-state index >= 15 is 0 Å². The van der Waals surface area contributed by atoms with Crippen LogP contribution < -0.4 is 11.1 Å². The number of rotatable bonds is 5. The Kier molecular flexibility index (Phi) is 6.41. The Hall–Kier alpha value is -1.66. The molecule has 0 aliphatic rings. The minimum atomic E-state index is -0.922. The van der Waals surface area contributed by atoms with E-state index < -0.39 is 18.3 Å². The molecule has 1 atom stereocenters. The fourth-order valence-corrected chi connectivity index (χ4v) is 1.78. The van der Waals surface area contributed by atoms with Crippen LogP contribution in [0.5, 0.6) is 0 Å². The first-order chi connectivity index (χ1) is 9.38. The van der Waals surface area contributed by atoms with Gasteiger partial charge in [-0.1, -0.05) is 29.3 Å². The summed E-state index contributed by atoms with van der Waals surface area (Å²) in [5.74, 6) is 0.